The van der Waals surface area contributed by atoms with E-state index in [9.17, 15) is 9.59 Å². The van der Waals surface area contributed by atoms with Gasteiger partial charge >= 0.3 is 5.97 Å². The van der Waals surface area contributed by atoms with Crippen LogP contribution in [0.2, 0.25) is 0 Å². The molecule has 1 aromatic rings. The minimum Gasteiger partial charge on any atom is -0.496 e. The van der Waals surface area contributed by atoms with Crippen molar-refractivity contribution in [1.82, 2.24) is 5.32 Å². The molecule has 0 radical (unpaired) electrons. The van der Waals surface area contributed by atoms with Gasteiger partial charge in [0.15, 0.2) is 0 Å². The van der Waals surface area contributed by atoms with Crippen LogP contribution >= 0.6 is 0 Å². The zero-order chi connectivity index (χ0) is 13.7. The van der Waals surface area contributed by atoms with Gasteiger partial charge in [0, 0.05) is 11.1 Å². The molecule has 0 saturated heterocycles. The van der Waals surface area contributed by atoms with Crippen LogP contribution in [-0.2, 0) is 4.79 Å². The van der Waals surface area contributed by atoms with Crippen LogP contribution in [0.3, 0.4) is 0 Å². The maximum absolute atomic E-state index is 11.7. The van der Waals surface area contributed by atoms with Crippen LogP contribution in [0.5, 0.6) is 11.5 Å². The van der Waals surface area contributed by atoms with Crippen molar-refractivity contribution >= 4 is 11.9 Å². The summed E-state index contributed by atoms with van der Waals surface area (Å²) in [6, 6.07) is 3.07. The Bertz CT molecular complexity index is 445. The highest BCUT2D eigenvalue weighted by Gasteiger charge is 2.13. The summed E-state index contributed by atoms with van der Waals surface area (Å²) in [6.07, 6.45) is 0. The molecular weight excluding hydrogens is 238 g/mol. The Morgan fingerprint density at radius 1 is 1.22 bits per heavy atom. The van der Waals surface area contributed by atoms with Crippen LogP contribution in [0, 0.1) is 6.92 Å². The molecule has 6 nitrogen and oxygen atoms in total. The van der Waals surface area contributed by atoms with Crippen molar-refractivity contribution in [3.05, 3.63) is 23.3 Å². The standard InChI is InChI=1S/C12H15NO5/c1-7-9(17-2)4-8(5-10(7)18-3)12(16)13-6-11(14)15/h4-5H,6H2,1-3H3,(H,13,16)(H,14,15). The van der Waals surface area contributed by atoms with Gasteiger partial charge in [-0.15, -0.1) is 0 Å². The fourth-order valence-electron chi connectivity index (χ4n) is 1.48. The van der Waals surface area contributed by atoms with Crippen LogP contribution in [0.15, 0.2) is 12.1 Å². The molecule has 0 aliphatic carbocycles. The number of methoxy groups -OCH3 is 2. The highest BCUT2D eigenvalue weighted by atomic mass is 16.5. The van der Waals surface area contributed by atoms with Gasteiger partial charge in [0.2, 0.25) is 0 Å². The second kappa shape index (κ2) is 5.90. The van der Waals surface area contributed by atoms with Crippen LogP contribution in [0.25, 0.3) is 0 Å². The zero-order valence-corrected chi connectivity index (χ0v) is 10.4. The minimum absolute atomic E-state index is 0.288. The summed E-state index contributed by atoms with van der Waals surface area (Å²) >= 11 is 0. The van der Waals surface area contributed by atoms with Crippen molar-refractivity contribution in [1.29, 1.82) is 0 Å². The Morgan fingerprint density at radius 2 is 1.72 bits per heavy atom. The van der Waals surface area contributed by atoms with Gasteiger partial charge in [-0.05, 0) is 19.1 Å². The smallest absolute Gasteiger partial charge is 0.322 e. The number of ether oxygens (including phenoxy) is 2. The average molecular weight is 253 g/mol. The first-order chi connectivity index (χ1) is 8.49. The van der Waals surface area contributed by atoms with Gasteiger partial charge in [0.1, 0.15) is 18.0 Å². The van der Waals surface area contributed by atoms with Crippen molar-refractivity contribution in [3.63, 3.8) is 0 Å². The van der Waals surface area contributed by atoms with E-state index in [0.29, 0.717) is 11.5 Å². The van der Waals surface area contributed by atoms with Crippen molar-refractivity contribution in [2.24, 2.45) is 0 Å². The number of carbonyl (C=O) groups excluding carboxylic acids is 1. The average Bonchev–Trinajstić information content (AvgIpc) is 2.36. The molecule has 0 atom stereocenters. The fraction of sp³-hybridized carbons (Fsp3) is 0.333. The Morgan fingerprint density at radius 3 is 2.11 bits per heavy atom. The lowest BCUT2D eigenvalue weighted by Gasteiger charge is -2.12. The summed E-state index contributed by atoms with van der Waals surface area (Å²) in [5, 5.41) is 10.8. The maximum atomic E-state index is 11.7. The second-order valence-electron chi connectivity index (χ2n) is 3.58. The number of amides is 1. The molecule has 0 saturated carbocycles. The van der Waals surface area contributed by atoms with E-state index in [4.69, 9.17) is 14.6 Å². The number of aliphatic carboxylic acids is 1. The number of hydrogen-bond donors (Lipinski definition) is 2. The van der Waals surface area contributed by atoms with Crippen molar-refractivity contribution in [2.45, 2.75) is 6.92 Å². The lowest BCUT2D eigenvalue weighted by Crippen LogP contribution is -2.29. The number of hydrogen-bond acceptors (Lipinski definition) is 4. The first-order valence-corrected chi connectivity index (χ1v) is 5.22. The third kappa shape index (κ3) is 3.13. The molecule has 18 heavy (non-hydrogen) atoms. The lowest BCUT2D eigenvalue weighted by atomic mass is 10.1. The van der Waals surface area contributed by atoms with Gasteiger partial charge < -0.3 is 19.9 Å². The Hall–Kier alpha value is -2.24. The topological polar surface area (TPSA) is 84.9 Å². The lowest BCUT2D eigenvalue weighted by molar-refractivity contribution is -0.135. The van der Waals surface area contributed by atoms with Gasteiger partial charge in [0.25, 0.3) is 5.91 Å². The van der Waals surface area contributed by atoms with E-state index in [1.165, 1.54) is 26.4 Å². The molecule has 98 valence electrons. The summed E-state index contributed by atoms with van der Waals surface area (Å²) in [7, 11) is 2.97. The van der Waals surface area contributed by atoms with E-state index in [-0.39, 0.29) is 5.56 Å². The van der Waals surface area contributed by atoms with E-state index in [0.717, 1.165) is 5.56 Å². The summed E-state index contributed by atoms with van der Waals surface area (Å²) in [6.45, 7) is 1.37. The Labute approximate surface area is 105 Å². The molecule has 6 heteroatoms. The Balaban J connectivity index is 3.02. The molecule has 0 heterocycles. The molecule has 0 fully saturated rings. The Kier molecular flexibility index (Phi) is 4.53. The van der Waals surface area contributed by atoms with E-state index < -0.39 is 18.4 Å². The normalized spacial score (nSPS) is 9.72. The van der Waals surface area contributed by atoms with E-state index in [2.05, 4.69) is 5.32 Å². The maximum Gasteiger partial charge on any atom is 0.322 e. The highest BCUT2D eigenvalue weighted by Crippen LogP contribution is 2.29. The second-order valence-corrected chi connectivity index (χ2v) is 3.58. The van der Waals surface area contributed by atoms with Crippen molar-refractivity contribution in [3.8, 4) is 11.5 Å². The molecule has 0 aromatic heterocycles. The summed E-state index contributed by atoms with van der Waals surface area (Å²) in [5.74, 6) is -0.576. The number of carboxylic acids is 1. The summed E-state index contributed by atoms with van der Waals surface area (Å²) in [4.78, 5) is 22.1. The third-order valence-corrected chi connectivity index (χ3v) is 2.41. The summed E-state index contributed by atoms with van der Waals surface area (Å²) in [5.41, 5.74) is 1.06. The SMILES string of the molecule is COc1cc(C(=O)NCC(=O)O)cc(OC)c1C. The predicted octanol–water partition coefficient (Wildman–Crippen LogP) is 0.827. The first-order valence-electron chi connectivity index (χ1n) is 5.22. The zero-order valence-electron chi connectivity index (χ0n) is 10.4. The highest BCUT2D eigenvalue weighted by molar-refractivity contribution is 5.96. The van der Waals surface area contributed by atoms with Crippen LogP contribution in [0.1, 0.15) is 15.9 Å². The predicted molar refractivity (Wildman–Crippen MR) is 64.3 cm³/mol. The molecular formula is C12H15NO5. The van der Waals surface area contributed by atoms with E-state index >= 15 is 0 Å². The largest absolute Gasteiger partial charge is 0.496 e. The van der Waals surface area contributed by atoms with E-state index in [1.54, 1.807) is 6.92 Å². The van der Waals surface area contributed by atoms with Gasteiger partial charge in [-0.25, -0.2) is 0 Å². The van der Waals surface area contributed by atoms with Crippen LogP contribution in [0.4, 0.5) is 0 Å². The van der Waals surface area contributed by atoms with Crippen LogP contribution < -0.4 is 14.8 Å². The third-order valence-electron chi connectivity index (χ3n) is 2.41. The van der Waals surface area contributed by atoms with Gasteiger partial charge in [-0.1, -0.05) is 0 Å². The molecule has 0 aliphatic rings. The number of rotatable bonds is 5. The molecule has 1 rings (SSSR count). The van der Waals surface area contributed by atoms with Crippen molar-refractivity contribution in [2.75, 3.05) is 20.8 Å². The van der Waals surface area contributed by atoms with Gasteiger partial charge in [-0.2, -0.15) is 0 Å². The summed E-state index contributed by atoms with van der Waals surface area (Å²) < 4.78 is 10.3. The van der Waals surface area contributed by atoms with Crippen LogP contribution in [-0.4, -0.2) is 37.7 Å². The molecule has 0 aliphatic heterocycles. The van der Waals surface area contributed by atoms with E-state index in [1.807, 2.05) is 0 Å². The molecule has 0 bridgehead atoms. The number of benzene rings is 1. The molecule has 2 N–H and O–H groups in total. The molecule has 0 unspecified atom stereocenters. The number of carboxylic acid groups (broad SMARTS) is 1. The first kappa shape index (κ1) is 13.8. The van der Waals surface area contributed by atoms with Gasteiger partial charge in [0.05, 0.1) is 14.2 Å². The van der Waals surface area contributed by atoms with Crippen molar-refractivity contribution < 1.29 is 24.2 Å². The fourth-order valence-corrected chi connectivity index (χ4v) is 1.48. The number of carbonyl (C=O) groups is 2. The van der Waals surface area contributed by atoms with Gasteiger partial charge in [-0.3, -0.25) is 9.59 Å². The molecule has 0 spiro atoms. The quantitative estimate of drug-likeness (QED) is 0.811. The number of nitrogens with one attached hydrogen (secondary N) is 1. The molecule has 1 aromatic carbocycles. The minimum atomic E-state index is -1.10. The monoisotopic (exact) mass is 253 g/mol. The molecule has 1 amide bonds.